The van der Waals surface area contributed by atoms with Gasteiger partial charge in [0.15, 0.2) is 0 Å². The zero-order chi connectivity index (χ0) is 20.8. The van der Waals surface area contributed by atoms with Crippen LogP contribution in [0, 0.1) is 0 Å². The van der Waals surface area contributed by atoms with Crippen molar-refractivity contribution in [3.63, 3.8) is 0 Å². The largest absolute Gasteiger partial charge is 0.497 e. The molecular formula is C23H18N6O2. The molecule has 31 heavy (non-hydrogen) atoms. The number of methoxy groups -OCH3 is 1. The van der Waals surface area contributed by atoms with Crippen LogP contribution in [0.4, 0.5) is 5.95 Å². The predicted octanol–water partition coefficient (Wildman–Crippen LogP) is 3.64. The summed E-state index contributed by atoms with van der Waals surface area (Å²) >= 11 is 0. The Morgan fingerprint density at radius 3 is 2.68 bits per heavy atom. The van der Waals surface area contributed by atoms with E-state index < -0.39 is 0 Å². The van der Waals surface area contributed by atoms with E-state index in [0.717, 1.165) is 39.5 Å². The second-order valence-electron chi connectivity index (χ2n) is 7.36. The van der Waals surface area contributed by atoms with E-state index in [1.54, 1.807) is 18.0 Å². The number of hydrogen-bond donors (Lipinski definition) is 1. The number of ether oxygens (including phenoxy) is 2. The third-order valence-corrected chi connectivity index (χ3v) is 5.66. The van der Waals surface area contributed by atoms with Gasteiger partial charge in [-0.05, 0) is 51.9 Å². The fourth-order valence-corrected chi connectivity index (χ4v) is 4.25. The Bertz CT molecular complexity index is 1280. The molecule has 4 aromatic rings. The lowest BCUT2D eigenvalue weighted by atomic mass is 9.85. The van der Waals surface area contributed by atoms with Crippen LogP contribution in [0.15, 0.2) is 78.6 Å². The summed E-state index contributed by atoms with van der Waals surface area (Å²) in [5.41, 5.74) is 4.95. The second kappa shape index (κ2) is 6.94. The van der Waals surface area contributed by atoms with Crippen molar-refractivity contribution in [3.05, 3.63) is 95.3 Å². The molecule has 2 aliphatic heterocycles. The molecule has 0 bridgehead atoms. The summed E-state index contributed by atoms with van der Waals surface area (Å²) in [6.07, 6.45) is 3.26. The number of tetrazole rings is 1. The number of hydrogen-bond acceptors (Lipinski definition) is 7. The summed E-state index contributed by atoms with van der Waals surface area (Å²) in [4.78, 5) is 4.34. The summed E-state index contributed by atoms with van der Waals surface area (Å²) in [5.74, 6) is 2.18. The van der Waals surface area contributed by atoms with E-state index in [2.05, 4.69) is 25.8 Å². The highest BCUT2D eigenvalue weighted by Gasteiger charge is 2.41. The zero-order valence-corrected chi connectivity index (χ0v) is 16.6. The van der Waals surface area contributed by atoms with Crippen molar-refractivity contribution in [3.8, 4) is 11.5 Å². The molecule has 6 rings (SSSR count). The lowest BCUT2D eigenvalue weighted by Crippen LogP contribution is -2.32. The fraction of sp³-hybridized carbons (Fsp3) is 0.130. The number of nitrogens with one attached hydrogen (secondary N) is 1. The van der Waals surface area contributed by atoms with E-state index in [4.69, 9.17) is 9.47 Å². The topological polar surface area (TPSA) is 87.0 Å². The van der Waals surface area contributed by atoms with Gasteiger partial charge >= 0.3 is 0 Å². The quantitative estimate of drug-likeness (QED) is 0.552. The molecule has 8 heteroatoms. The Morgan fingerprint density at radius 1 is 1.00 bits per heavy atom. The number of benzene rings is 2. The van der Waals surface area contributed by atoms with E-state index in [9.17, 15) is 0 Å². The lowest BCUT2D eigenvalue weighted by Gasteiger charge is -2.38. The van der Waals surface area contributed by atoms with Crippen LogP contribution in [0.3, 0.4) is 0 Å². The van der Waals surface area contributed by atoms with Crippen LogP contribution in [-0.4, -0.2) is 32.3 Å². The monoisotopic (exact) mass is 410 g/mol. The zero-order valence-electron chi connectivity index (χ0n) is 16.6. The molecule has 2 aliphatic rings. The highest BCUT2D eigenvalue weighted by atomic mass is 16.5. The van der Waals surface area contributed by atoms with Crippen molar-refractivity contribution in [1.29, 1.82) is 0 Å². The van der Waals surface area contributed by atoms with E-state index in [1.807, 2.05) is 66.9 Å². The second-order valence-corrected chi connectivity index (χ2v) is 7.36. The molecule has 2 atom stereocenters. The number of nitrogens with zero attached hydrogens (tertiary/aromatic N) is 5. The van der Waals surface area contributed by atoms with Crippen LogP contribution < -0.4 is 14.8 Å². The maximum absolute atomic E-state index is 6.56. The molecule has 0 saturated heterocycles. The first-order chi connectivity index (χ1) is 15.3. The molecular weight excluding hydrogens is 392 g/mol. The molecule has 152 valence electrons. The van der Waals surface area contributed by atoms with Gasteiger partial charge in [0.1, 0.15) is 23.6 Å². The van der Waals surface area contributed by atoms with Gasteiger partial charge in [-0.1, -0.05) is 35.4 Å². The molecule has 0 radical (unpaired) electrons. The molecule has 0 unspecified atom stereocenters. The first-order valence-electron chi connectivity index (χ1n) is 9.92. The standard InChI is InChI=1S/C23H18N6O2/c1-30-16-10-8-14(9-11-16)22-19-20(17-6-2-3-7-18(17)31-22)25-23-26-27-28-29(23)21(19)15-5-4-12-24-13-15/h2-13,21-22H,1H3,(H,25,26,28)/t21-,22-/m1/s1. The smallest absolute Gasteiger partial charge is 0.248 e. The van der Waals surface area contributed by atoms with E-state index >= 15 is 0 Å². The minimum atomic E-state index is -0.342. The first kappa shape index (κ1) is 17.6. The molecule has 2 aromatic carbocycles. The average molecular weight is 410 g/mol. The van der Waals surface area contributed by atoms with Gasteiger partial charge in [0.05, 0.1) is 12.8 Å². The molecule has 0 fully saturated rings. The maximum atomic E-state index is 6.56. The molecule has 4 heterocycles. The minimum Gasteiger partial charge on any atom is -0.497 e. The normalized spacial score (nSPS) is 18.9. The molecule has 2 aromatic heterocycles. The molecule has 0 aliphatic carbocycles. The van der Waals surface area contributed by atoms with Crippen LogP contribution in [0.1, 0.15) is 28.8 Å². The van der Waals surface area contributed by atoms with Crippen LogP contribution >= 0.6 is 0 Å². The Kier molecular flexibility index (Phi) is 3.95. The predicted molar refractivity (Wildman–Crippen MR) is 114 cm³/mol. The maximum Gasteiger partial charge on any atom is 0.248 e. The van der Waals surface area contributed by atoms with Gasteiger partial charge in [-0.3, -0.25) is 4.98 Å². The van der Waals surface area contributed by atoms with E-state index in [-0.39, 0.29) is 12.1 Å². The number of rotatable bonds is 3. The average Bonchev–Trinajstić information content (AvgIpc) is 3.31. The Morgan fingerprint density at radius 2 is 1.87 bits per heavy atom. The highest BCUT2D eigenvalue weighted by Crippen LogP contribution is 2.50. The van der Waals surface area contributed by atoms with E-state index in [1.165, 1.54) is 0 Å². The van der Waals surface area contributed by atoms with Crippen LogP contribution in [-0.2, 0) is 0 Å². The number of fused-ring (bicyclic) bond motifs is 3. The Balaban J connectivity index is 1.60. The summed E-state index contributed by atoms with van der Waals surface area (Å²) in [5, 5.41) is 15.8. The Labute approximate surface area is 178 Å². The van der Waals surface area contributed by atoms with Gasteiger partial charge in [0.2, 0.25) is 5.95 Å². The minimum absolute atomic E-state index is 0.268. The van der Waals surface area contributed by atoms with Gasteiger partial charge in [-0.2, -0.15) is 4.68 Å². The summed E-state index contributed by atoms with van der Waals surface area (Å²) in [6, 6.07) is 19.6. The summed E-state index contributed by atoms with van der Waals surface area (Å²) in [7, 11) is 1.66. The third kappa shape index (κ3) is 2.76. The number of aromatic nitrogens is 5. The number of para-hydroxylation sites is 1. The molecule has 0 saturated carbocycles. The van der Waals surface area contributed by atoms with Crippen LogP contribution in [0.5, 0.6) is 11.5 Å². The molecule has 8 nitrogen and oxygen atoms in total. The van der Waals surface area contributed by atoms with Crippen molar-refractivity contribution >= 4 is 11.6 Å². The van der Waals surface area contributed by atoms with Gasteiger partial charge in [0, 0.05) is 23.5 Å². The fourth-order valence-electron chi connectivity index (χ4n) is 4.25. The number of anilines is 1. The van der Waals surface area contributed by atoms with Gasteiger partial charge in [0.25, 0.3) is 0 Å². The van der Waals surface area contributed by atoms with Crippen molar-refractivity contribution in [1.82, 2.24) is 25.2 Å². The summed E-state index contributed by atoms with van der Waals surface area (Å²) in [6.45, 7) is 0. The van der Waals surface area contributed by atoms with Crippen LogP contribution in [0.2, 0.25) is 0 Å². The third-order valence-electron chi connectivity index (χ3n) is 5.66. The highest BCUT2D eigenvalue weighted by molar-refractivity contribution is 5.85. The lowest BCUT2D eigenvalue weighted by molar-refractivity contribution is 0.222. The Hall–Kier alpha value is -4.20. The van der Waals surface area contributed by atoms with Gasteiger partial charge < -0.3 is 14.8 Å². The van der Waals surface area contributed by atoms with Crippen LogP contribution in [0.25, 0.3) is 5.70 Å². The first-order valence-corrected chi connectivity index (χ1v) is 9.92. The van der Waals surface area contributed by atoms with E-state index in [0.29, 0.717) is 5.95 Å². The molecule has 0 spiro atoms. The number of pyridine rings is 1. The van der Waals surface area contributed by atoms with Gasteiger partial charge in [-0.25, -0.2) is 0 Å². The van der Waals surface area contributed by atoms with Gasteiger partial charge in [-0.15, -0.1) is 0 Å². The van der Waals surface area contributed by atoms with Crippen molar-refractivity contribution in [2.24, 2.45) is 0 Å². The van der Waals surface area contributed by atoms with Crippen molar-refractivity contribution < 1.29 is 9.47 Å². The molecule has 0 amide bonds. The van der Waals surface area contributed by atoms with Crippen molar-refractivity contribution in [2.45, 2.75) is 12.1 Å². The van der Waals surface area contributed by atoms with Crippen molar-refractivity contribution in [2.75, 3.05) is 12.4 Å². The molecule has 1 N–H and O–H groups in total. The summed E-state index contributed by atoms with van der Waals surface area (Å²) < 4.78 is 13.7. The SMILES string of the molecule is COc1ccc([C@H]2Oc3ccccc3C3=C2[C@@H](c2cccnc2)n2nnnc2N3)cc1.